The van der Waals surface area contributed by atoms with Crippen molar-refractivity contribution in [1.29, 1.82) is 0 Å². The van der Waals surface area contributed by atoms with Gasteiger partial charge in [0.25, 0.3) is 0 Å². The maximum Gasteiger partial charge on any atom is 0.246 e. The first-order valence-electron chi connectivity index (χ1n) is 8.99. The highest BCUT2D eigenvalue weighted by atomic mass is 16.2. The lowest BCUT2D eigenvalue weighted by molar-refractivity contribution is -0.125. The lowest BCUT2D eigenvalue weighted by Crippen LogP contribution is -2.24. The summed E-state index contributed by atoms with van der Waals surface area (Å²) >= 11 is 0. The average Bonchev–Trinajstić information content (AvgIpc) is 2.67. The van der Waals surface area contributed by atoms with Crippen LogP contribution in [0.3, 0.4) is 0 Å². The number of rotatable bonds is 5. The van der Waals surface area contributed by atoms with Crippen LogP contribution in [0, 0.1) is 0 Å². The molecule has 0 saturated heterocycles. The normalized spacial score (nSPS) is 13.0. The van der Waals surface area contributed by atoms with Gasteiger partial charge in [-0.2, -0.15) is 0 Å². The van der Waals surface area contributed by atoms with Gasteiger partial charge in [0.15, 0.2) is 0 Å². The van der Waals surface area contributed by atoms with E-state index in [0.29, 0.717) is 25.2 Å². The van der Waals surface area contributed by atoms with Gasteiger partial charge in [-0.3, -0.25) is 14.4 Å². The second-order valence-electron chi connectivity index (χ2n) is 6.73. The van der Waals surface area contributed by atoms with Gasteiger partial charge in [0.05, 0.1) is 0 Å². The molecular formula is C21H22N4O3. The van der Waals surface area contributed by atoms with Gasteiger partial charge in [-0.05, 0) is 47.4 Å². The third-order valence-electron chi connectivity index (χ3n) is 4.36. The first-order chi connectivity index (χ1) is 13.4. The lowest BCUT2D eigenvalue weighted by atomic mass is 10.0. The molecule has 2 N–H and O–H groups in total. The fourth-order valence-electron chi connectivity index (χ4n) is 2.91. The van der Waals surface area contributed by atoms with Crippen LogP contribution >= 0.6 is 0 Å². The summed E-state index contributed by atoms with van der Waals surface area (Å²) in [6, 6.07) is 9.30. The van der Waals surface area contributed by atoms with Crippen molar-refractivity contribution in [3.63, 3.8) is 0 Å². The molecule has 2 heterocycles. The Bertz CT molecular complexity index is 935. The first-order valence-corrected chi connectivity index (χ1v) is 8.99. The molecular weight excluding hydrogens is 356 g/mol. The van der Waals surface area contributed by atoms with Gasteiger partial charge in [-0.25, -0.2) is 4.98 Å². The van der Waals surface area contributed by atoms with Crippen LogP contribution < -0.4 is 10.6 Å². The number of hydrogen-bond acceptors (Lipinski definition) is 4. The van der Waals surface area contributed by atoms with Crippen molar-refractivity contribution in [3.05, 3.63) is 59.3 Å². The largest absolute Gasteiger partial charge is 0.338 e. The van der Waals surface area contributed by atoms with Crippen LogP contribution in [-0.2, 0) is 27.3 Å². The highest BCUT2D eigenvalue weighted by molar-refractivity contribution is 5.93. The van der Waals surface area contributed by atoms with Crippen LogP contribution in [0.4, 0.5) is 11.5 Å². The Morgan fingerprint density at radius 3 is 2.71 bits per heavy atom. The minimum absolute atomic E-state index is 0.0230. The zero-order valence-corrected chi connectivity index (χ0v) is 15.9. The van der Waals surface area contributed by atoms with Crippen molar-refractivity contribution in [2.45, 2.75) is 26.3 Å². The van der Waals surface area contributed by atoms with E-state index in [-0.39, 0.29) is 17.7 Å². The van der Waals surface area contributed by atoms with E-state index in [9.17, 15) is 14.4 Å². The van der Waals surface area contributed by atoms with E-state index < -0.39 is 0 Å². The molecule has 0 atom stereocenters. The van der Waals surface area contributed by atoms with Crippen molar-refractivity contribution in [1.82, 2.24) is 9.88 Å². The molecule has 0 radical (unpaired) electrons. The third-order valence-corrected chi connectivity index (χ3v) is 4.36. The highest BCUT2D eigenvalue weighted by Crippen LogP contribution is 2.21. The Kier molecular flexibility index (Phi) is 5.84. The zero-order valence-electron chi connectivity index (χ0n) is 15.9. The number of carbonyl (C=O) groups is 3. The molecule has 0 aliphatic carbocycles. The number of nitrogens with one attached hydrogen (secondary N) is 2. The van der Waals surface area contributed by atoms with Gasteiger partial charge in [-0.15, -0.1) is 0 Å². The smallest absolute Gasteiger partial charge is 0.246 e. The molecule has 7 nitrogen and oxygen atoms in total. The van der Waals surface area contributed by atoms with E-state index in [1.165, 1.54) is 13.0 Å². The predicted octanol–water partition coefficient (Wildman–Crippen LogP) is 2.60. The maximum atomic E-state index is 12.4. The fraction of sp³-hybridized carbons (Fsp3) is 0.238. The van der Waals surface area contributed by atoms with E-state index >= 15 is 0 Å². The molecule has 2 aromatic rings. The molecule has 1 aliphatic rings. The molecule has 0 fully saturated rings. The van der Waals surface area contributed by atoms with Crippen molar-refractivity contribution in [2.75, 3.05) is 17.7 Å². The molecule has 144 valence electrons. The summed E-state index contributed by atoms with van der Waals surface area (Å²) in [6.45, 7) is 1.92. The van der Waals surface area contributed by atoms with E-state index in [2.05, 4.69) is 15.6 Å². The van der Waals surface area contributed by atoms with E-state index in [1.54, 1.807) is 24.2 Å². The Labute approximate surface area is 163 Å². The minimum Gasteiger partial charge on any atom is -0.338 e. The summed E-state index contributed by atoms with van der Waals surface area (Å²) in [7, 11) is 1.73. The molecule has 0 unspecified atom stereocenters. The number of amides is 3. The molecule has 1 aromatic heterocycles. The number of likely N-dealkylation sites (N-methyl/N-ethyl adjacent to an activating group) is 1. The SMILES string of the molecule is CC(=O)Nc1ccc(CN(C)C(=O)C=Cc2cnc3c(c2)CCC(=O)N3)cc1. The van der Waals surface area contributed by atoms with Crippen LogP contribution in [0.1, 0.15) is 30.0 Å². The van der Waals surface area contributed by atoms with E-state index in [4.69, 9.17) is 0 Å². The van der Waals surface area contributed by atoms with Crippen molar-refractivity contribution in [3.8, 4) is 0 Å². The summed E-state index contributed by atoms with van der Waals surface area (Å²) in [5.41, 5.74) is 3.48. The number of carbonyl (C=O) groups excluding carboxylic acids is 3. The van der Waals surface area contributed by atoms with E-state index in [1.807, 2.05) is 30.3 Å². The minimum atomic E-state index is -0.128. The standard InChI is InChI=1S/C21H22N4O3/c1-14(26)23-18-7-3-15(4-8-18)13-25(2)20(28)10-5-16-11-17-6-9-19(27)24-21(17)22-12-16/h3-5,7-8,10-12H,6,9,13H2,1-2H3,(H,23,26)(H,22,24,27). The summed E-state index contributed by atoms with van der Waals surface area (Å²) in [6.07, 6.45) is 5.97. The number of anilines is 2. The molecule has 0 saturated carbocycles. The quantitative estimate of drug-likeness (QED) is 0.783. The van der Waals surface area contributed by atoms with Gasteiger partial charge in [0, 0.05) is 44.9 Å². The van der Waals surface area contributed by atoms with Crippen molar-refractivity contribution >= 4 is 35.3 Å². The summed E-state index contributed by atoms with van der Waals surface area (Å²) < 4.78 is 0. The van der Waals surface area contributed by atoms with Crippen LogP contribution in [0.5, 0.6) is 0 Å². The molecule has 7 heteroatoms. The molecule has 3 amide bonds. The number of hydrogen-bond donors (Lipinski definition) is 2. The van der Waals surface area contributed by atoms with E-state index in [0.717, 1.165) is 22.4 Å². The Balaban J connectivity index is 1.59. The molecule has 28 heavy (non-hydrogen) atoms. The van der Waals surface area contributed by atoms with Crippen LogP contribution in [0.25, 0.3) is 6.08 Å². The topological polar surface area (TPSA) is 91.4 Å². The number of aromatic nitrogens is 1. The Hall–Kier alpha value is -3.48. The van der Waals surface area contributed by atoms with Crippen LogP contribution in [0.15, 0.2) is 42.6 Å². The molecule has 1 aliphatic heterocycles. The van der Waals surface area contributed by atoms with Gasteiger partial charge in [-0.1, -0.05) is 12.1 Å². The Morgan fingerprint density at radius 1 is 1.25 bits per heavy atom. The second kappa shape index (κ2) is 8.47. The first kappa shape index (κ1) is 19.3. The number of benzene rings is 1. The monoisotopic (exact) mass is 378 g/mol. The number of fused-ring (bicyclic) bond motifs is 1. The third kappa shape index (κ3) is 5.03. The second-order valence-corrected chi connectivity index (χ2v) is 6.73. The van der Waals surface area contributed by atoms with Crippen LogP contribution in [-0.4, -0.2) is 34.7 Å². The predicted molar refractivity (Wildman–Crippen MR) is 107 cm³/mol. The fourth-order valence-corrected chi connectivity index (χ4v) is 2.91. The Morgan fingerprint density at radius 2 is 2.00 bits per heavy atom. The summed E-state index contributed by atoms with van der Waals surface area (Å²) in [5, 5.41) is 5.45. The molecule has 1 aromatic carbocycles. The number of aryl methyl sites for hydroxylation is 1. The van der Waals surface area contributed by atoms with Gasteiger partial charge in [0.1, 0.15) is 5.82 Å². The summed E-state index contributed by atoms with van der Waals surface area (Å²) in [4.78, 5) is 40.7. The van der Waals surface area contributed by atoms with Gasteiger partial charge < -0.3 is 15.5 Å². The van der Waals surface area contributed by atoms with Crippen molar-refractivity contribution < 1.29 is 14.4 Å². The highest BCUT2D eigenvalue weighted by Gasteiger charge is 2.15. The average molecular weight is 378 g/mol. The van der Waals surface area contributed by atoms with Crippen LogP contribution in [0.2, 0.25) is 0 Å². The molecule has 0 spiro atoms. The molecule has 3 rings (SSSR count). The number of pyridine rings is 1. The maximum absolute atomic E-state index is 12.4. The lowest BCUT2D eigenvalue weighted by Gasteiger charge is -2.16. The van der Waals surface area contributed by atoms with Gasteiger partial charge in [0.2, 0.25) is 17.7 Å². The van der Waals surface area contributed by atoms with Crippen molar-refractivity contribution in [2.24, 2.45) is 0 Å². The zero-order chi connectivity index (χ0) is 20.1. The van der Waals surface area contributed by atoms with Gasteiger partial charge >= 0.3 is 0 Å². The summed E-state index contributed by atoms with van der Waals surface area (Å²) in [5.74, 6) is 0.325. The molecule has 0 bridgehead atoms. The number of nitrogens with zero attached hydrogens (tertiary/aromatic N) is 2.